The topological polar surface area (TPSA) is 89.3 Å². The largest absolute Gasteiger partial charge is 0.478 e. The molecule has 2 aromatic carbocycles. The maximum absolute atomic E-state index is 11.0. The summed E-state index contributed by atoms with van der Waals surface area (Å²) in [4.78, 5) is 11.0. The first-order chi connectivity index (χ1) is 8.91. The van der Waals surface area contributed by atoms with Crippen LogP contribution in [0.15, 0.2) is 39.3 Å². The molecule has 0 amide bonds. The van der Waals surface area contributed by atoms with Crippen LogP contribution in [0.25, 0.3) is 11.1 Å². The molecule has 0 heterocycles. The van der Waals surface area contributed by atoms with Gasteiger partial charge in [-0.15, -0.1) is 0 Å². The summed E-state index contributed by atoms with van der Waals surface area (Å²) in [5, 5.41) is 9.02. The van der Waals surface area contributed by atoms with Gasteiger partial charge in [0.1, 0.15) is 0 Å². The molecule has 0 spiro atoms. The Kier molecular flexibility index (Phi) is 3.82. The smallest absolute Gasteiger partial charge is 0.336 e. The van der Waals surface area contributed by atoms with Crippen LogP contribution < -0.4 is 11.5 Å². The van der Waals surface area contributed by atoms with Crippen molar-refractivity contribution in [1.29, 1.82) is 0 Å². The average molecular weight is 386 g/mol. The van der Waals surface area contributed by atoms with Gasteiger partial charge < -0.3 is 16.6 Å². The van der Waals surface area contributed by atoms with Crippen LogP contribution in [-0.2, 0) is 0 Å². The molecule has 0 saturated carbocycles. The second-order valence-corrected chi connectivity index (χ2v) is 5.58. The summed E-state index contributed by atoms with van der Waals surface area (Å²) in [5.41, 5.74) is 14.5. The summed E-state index contributed by atoms with van der Waals surface area (Å²) >= 11 is 6.57. The molecular formula is C13H10Br2N2O2. The lowest BCUT2D eigenvalue weighted by Crippen LogP contribution is -2.02. The first-order valence-electron chi connectivity index (χ1n) is 5.28. The molecule has 4 nitrogen and oxygen atoms in total. The minimum atomic E-state index is -1.02. The Morgan fingerprint density at radius 3 is 2.37 bits per heavy atom. The molecule has 5 N–H and O–H groups in total. The highest BCUT2D eigenvalue weighted by molar-refractivity contribution is 9.11. The predicted octanol–water partition coefficient (Wildman–Crippen LogP) is 3.74. The van der Waals surface area contributed by atoms with Gasteiger partial charge in [0.25, 0.3) is 0 Å². The summed E-state index contributed by atoms with van der Waals surface area (Å²) in [6.07, 6.45) is 0. The van der Waals surface area contributed by atoms with Crippen LogP contribution in [0.4, 0.5) is 11.4 Å². The Bertz CT molecular complexity index is 672. The van der Waals surface area contributed by atoms with E-state index in [9.17, 15) is 4.79 Å². The van der Waals surface area contributed by atoms with E-state index < -0.39 is 5.97 Å². The van der Waals surface area contributed by atoms with Gasteiger partial charge in [0, 0.05) is 15.7 Å². The molecule has 0 unspecified atom stereocenters. The normalized spacial score (nSPS) is 10.4. The third-order valence-corrected chi connectivity index (χ3v) is 4.26. The molecule has 0 radical (unpaired) electrons. The highest BCUT2D eigenvalue weighted by atomic mass is 79.9. The number of carboxylic acids is 1. The molecule has 19 heavy (non-hydrogen) atoms. The number of hydrogen-bond donors (Lipinski definition) is 3. The maximum atomic E-state index is 11.0. The number of hydrogen-bond acceptors (Lipinski definition) is 3. The highest BCUT2D eigenvalue weighted by Gasteiger charge is 2.15. The first kappa shape index (κ1) is 13.9. The van der Waals surface area contributed by atoms with Crippen molar-refractivity contribution in [1.82, 2.24) is 0 Å². The number of nitrogens with two attached hydrogens (primary N) is 2. The van der Waals surface area contributed by atoms with Crippen LogP contribution in [-0.4, -0.2) is 11.1 Å². The molecular weight excluding hydrogens is 376 g/mol. The van der Waals surface area contributed by atoms with Crippen molar-refractivity contribution in [2.75, 3.05) is 11.5 Å². The zero-order valence-corrected chi connectivity index (χ0v) is 12.8. The van der Waals surface area contributed by atoms with Crippen molar-refractivity contribution < 1.29 is 9.90 Å². The number of nitrogen functional groups attached to an aromatic ring is 2. The lowest BCUT2D eigenvalue weighted by molar-refractivity contribution is 0.0696. The number of carbonyl (C=O) groups is 1. The SMILES string of the molecule is Nc1ccc(-c2ccc(C(=O)O)c(Br)c2N)cc1Br. The number of aromatic carboxylic acids is 1. The van der Waals surface area contributed by atoms with Gasteiger partial charge in [-0.25, -0.2) is 4.79 Å². The molecule has 0 saturated heterocycles. The molecule has 0 aliphatic carbocycles. The van der Waals surface area contributed by atoms with Gasteiger partial charge in [-0.1, -0.05) is 12.1 Å². The van der Waals surface area contributed by atoms with Crippen LogP contribution in [0.1, 0.15) is 10.4 Å². The van der Waals surface area contributed by atoms with E-state index in [0.717, 1.165) is 15.6 Å². The van der Waals surface area contributed by atoms with Crippen LogP contribution >= 0.6 is 31.9 Å². The minimum Gasteiger partial charge on any atom is -0.478 e. The zero-order valence-electron chi connectivity index (χ0n) is 9.65. The van der Waals surface area contributed by atoms with Gasteiger partial charge in [0.2, 0.25) is 0 Å². The highest BCUT2D eigenvalue weighted by Crippen LogP contribution is 2.36. The van der Waals surface area contributed by atoms with Gasteiger partial charge in [-0.05, 0) is 55.6 Å². The van der Waals surface area contributed by atoms with Gasteiger partial charge in [0.15, 0.2) is 0 Å². The van der Waals surface area contributed by atoms with E-state index in [4.69, 9.17) is 16.6 Å². The van der Waals surface area contributed by atoms with Gasteiger partial charge >= 0.3 is 5.97 Å². The predicted molar refractivity (Wildman–Crippen MR) is 83.1 cm³/mol. The lowest BCUT2D eigenvalue weighted by atomic mass is 10.0. The number of benzene rings is 2. The van der Waals surface area contributed by atoms with Crippen LogP contribution in [0.5, 0.6) is 0 Å². The summed E-state index contributed by atoms with van der Waals surface area (Å²) in [7, 11) is 0. The van der Waals surface area contributed by atoms with Gasteiger partial charge in [-0.3, -0.25) is 0 Å². The fourth-order valence-corrected chi connectivity index (χ4v) is 2.60. The Balaban J connectivity index is 2.60. The van der Waals surface area contributed by atoms with Crippen LogP contribution in [0, 0.1) is 0 Å². The Labute approximate surface area is 126 Å². The van der Waals surface area contributed by atoms with E-state index in [1.54, 1.807) is 12.1 Å². The Hall–Kier alpha value is -1.53. The summed E-state index contributed by atoms with van der Waals surface area (Å²) in [6, 6.07) is 8.63. The number of carboxylic acid groups (broad SMARTS) is 1. The van der Waals surface area contributed by atoms with E-state index in [2.05, 4.69) is 31.9 Å². The van der Waals surface area contributed by atoms with E-state index >= 15 is 0 Å². The summed E-state index contributed by atoms with van der Waals surface area (Å²) < 4.78 is 1.15. The average Bonchev–Trinajstić information content (AvgIpc) is 2.36. The number of rotatable bonds is 2. The fourth-order valence-electron chi connectivity index (χ4n) is 1.70. The standard InChI is InChI=1S/C13H10Br2N2O2/c14-9-5-6(1-4-10(9)16)7-2-3-8(13(18)19)11(15)12(7)17/h1-5H,16-17H2,(H,18,19). The molecule has 0 aromatic heterocycles. The van der Waals surface area contributed by atoms with Crippen molar-refractivity contribution >= 4 is 49.2 Å². The van der Waals surface area contributed by atoms with Gasteiger partial charge in [0.05, 0.1) is 15.7 Å². The van der Waals surface area contributed by atoms with Crippen molar-refractivity contribution in [2.45, 2.75) is 0 Å². The van der Waals surface area contributed by atoms with E-state index in [0.29, 0.717) is 15.8 Å². The maximum Gasteiger partial charge on any atom is 0.336 e. The fraction of sp³-hybridized carbons (Fsp3) is 0. The van der Waals surface area contributed by atoms with Crippen LogP contribution in [0.2, 0.25) is 0 Å². The monoisotopic (exact) mass is 384 g/mol. The molecule has 2 rings (SSSR count). The third-order valence-electron chi connectivity index (χ3n) is 2.72. The Morgan fingerprint density at radius 2 is 1.79 bits per heavy atom. The summed E-state index contributed by atoms with van der Waals surface area (Å²) in [5.74, 6) is -1.02. The zero-order chi connectivity index (χ0) is 14.2. The lowest BCUT2D eigenvalue weighted by Gasteiger charge is -2.11. The van der Waals surface area contributed by atoms with Crippen molar-refractivity contribution in [3.05, 3.63) is 44.8 Å². The van der Waals surface area contributed by atoms with E-state index in [-0.39, 0.29) is 5.56 Å². The second-order valence-electron chi connectivity index (χ2n) is 3.93. The first-order valence-corrected chi connectivity index (χ1v) is 6.87. The summed E-state index contributed by atoms with van der Waals surface area (Å²) in [6.45, 7) is 0. The molecule has 0 fully saturated rings. The molecule has 0 aliphatic heterocycles. The molecule has 98 valence electrons. The van der Waals surface area contributed by atoms with Gasteiger partial charge in [-0.2, -0.15) is 0 Å². The third kappa shape index (κ3) is 2.59. The Morgan fingerprint density at radius 1 is 1.11 bits per heavy atom. The molecule has 6 heteroatoms. The quantitative estimate of drug-likeness (QED) is 0.687. The van der Waals surface area contributed by atoms with Crippen molar-refractivity contribution in [3.63, 3.8) is 0 Å². The van der Waals surface area contributed by atoms with Crippen molar-refractivity contribution in [3.8, 4) is 11.1 Å². The number of halogens is 2. The molecule has 0 aliphatic rings. The molecule has 0 bridgehead atoms. The molecule has 2 aromatic rings. The minimum absolute atomic E-state index is 0.135. The number of anilines is 2. The van der Waals surface area contributed by atoms with Crippen molar-refractivity contribution in [2.24, 2.45) is 0 Å². The second kappa shape index (κ2) is 5.22. The van der Waals surface area contributed by atoms with E-state index in [1.807, 2.05) is 12.1 Å². The van der Waals surface area contributed by atoms with Crippen LogP contribution in [0.3, 0.4) is 0 Å². The molecule has 0 atom stereocenters. The van der Waals surface area contributed by atoms with E-state index in [1.165, 1.54) is 6.07 Å².